The van der Waals surface area contributed by atoms with Crippen molar-refractivity contribution in [3.63, 3.8) is 0 Å². The second kappa shape index (κ2) is 3.30. The Hall–Kier alpha value is -0.720. The van der Waals surface area contributed by atoms with Crippen LogP contribution in [0.15, 0.2) is 24.0 Å². The molecule has 0 radical (unpaired) electrons. The van der Waals surface area contributed by atoms with Crippen LogP contribution in [0, 0.1) is 0 Å². The molecule has 0 unspecified atom stereocenters. The van der Waals surface area contributed by atoms with Crippen molar-refractivity contribution in [2.24, 2.45) is 0 Å². The van der Waals surface area contributed by atoms with Crippen molar-refractivity contribution in [3.05, 3.63) is 24.0 Å². The van der Waals surface area contributed by atoms with Crippen LogP contribution in [-0.2, 0) is 0 Å². The summed E-state index contributed by atoms with van der Waals surface area (Å²) in [4.78, 5) is 0. The molecule has 0 aromatic rings. The first-order chi connectivity index (χ1) is 3.63. The molecule has 0 saturated heterocycles. The Morgan fingerprint density at radius 1 is 1.38 bits per heavy atom. The molecular formula is C7H13N. The fourth-order valence-corrected chi connectivity index (χ4v) is 0.268. The predicted molar refractivity (Wildman–Crippen MR) is 37.4 cm³/mol. The van der Waals surface area contributed by atoms with Crippen LogP contribution in [0.25, 0.3) is 0 Å². The lowest BCUT2D eigenvalue weighted by Crippen LogP contribution is -1.98. The third-order valence-corrected chi connectivity index (χ3v) is 0.607. The summed E-state index contributed by atoms with van der Waals surface area (Å²) in [5.74, 6) is 0. The van der Waals surface area contributed by atoms with Crippen LogP contribution < -0.4 is 5.32 Å². The van der Waals surface area contributed by atoms with Gasteiger partial charge in [0.05, 0.1) is 0 Å². The Morgan fingerprint density at radius 2 is 1.88 bits per heavy atom. The molecule has 0 aliphatic carbocycles. The average Bonchev–Trinajstić information content (AvgIpc) is 1.61. The number of rotatable bonds is 2. The summed E-state index contributed by atoms with van der Waals surface area (Å²) in [7, 11) is 0. The Balaban J connectivity index is 3.45. The molecule has 0 heterocycles. The van der Waals surface area contributed by atoms with Gasteiger partial charge in [0.25, 0.3) is 0 Å². The fourth-order valence-electron chi connectivity index (χ4n) is 0.268. The number of hydrogen-bond donors (Lipinski definition) is 1. The quantitative estimate of drug-likeness (QED) is 0.575. The standard InChI is InChI=1S/C7H13N/c1-6(2)5-8-7(3)4/h5,8H,3H2,1-2,4H3. The molecule has 0 rings (SSSR count). The molecule has 0 saturated carbocycles. The van der Waals surface area contributed by atoms with Crippen molar-refractivity contribution < 1.29 is 0 Å². The summed E-state index contributed by atoms with van der Waals surface area (Å²) in [5.41, 5.74) is 2.24. The lowest BCUT2D eigenvalue weighted by molar-refractivity contribution is 1.04. The largest absolute Gasteiger partial charge is 0.366 e. The smallest absolute Gasteiger partial charge is 0.00420 e. The van der Waals surface area contributed by atoms with Crippen LogP contribution in [0.3, 0.4) is 0 Å². The first-order valence-electron chi connectivity index (χ1n) is 2.68. The second-order valence-corrected chi connectivity index (χ2v) is 2.15. The molecule has 0 aromatic heterocycles. The van der Waals surface area contributed by atoms with Gasteiger partial charge < -0.3 is 5.32 Å². The summed E-state index contributed by atoms with van der Waals surface area (Å²) < 4.78 is 0. The van der Waals surface area contributed by atoms with Crippen LogP contribution in [0.2, 0.25) is 0 Å². The van der Waals surface area contributed by atoms with E-state index in [-0.39, 0.29) is 0 Å². The van der Waals surface area contributed by atoms with Crippen LogP contribution >= 0.6 is 0 Å². The van der Waals surface area contributed by atoms with E-state index in [1.54, 1.807) is 0 Å². The molecule has 1 N–H and O–H groups in total. The van der Waals surface area contributed by atoms with Crippen LogP contribution in [0.1, 0.15) is 20.8 Å². The van der Waals surface area contributed by atoms with Crippen molar-refractivity contribution in [2.75, 3.05) is 0 Å². The van der Waals surface area contributed by atoms with Gasteiger partial charge in [0.1, 0.15) is 0 Å². The van der Waals surface area contributed by atoms with Gasteiger partial charge in [0, 0.05) is 5.70 Å². The van der Waals surface area contributed by atoms with E-state index >= 15 is 0 Å². The molecule has 46 valence electrons. The average molecular weight is 111 g/mol. The highest BCUT2D eigenvalue weighted by atomic mass is 14.8. The zero-order chi connectivity index (χ0) is 6.57. The molecule has 0 aliphatic heterocycles. The molecule has 0 aromatic carbocycles. The number of nitrogens with one attached hydrogen (secondary N) is 1. The van der Waals surface area contributed by atoms with Gasteiger partial charge in [0.15, 0.2) is 0 Å². The molecule has 8 heavy (non-hydrogen) atoms. The molecule has 0 bridgehead atoms. The van der Waals surface area contributed by atoms with E-state index in [0.717, 1.165) is 5.70 Å². The van der Waals surface area contributed by atoms with E-state index in [2.05, 4.69) is 11.9 Å². The summed E-state index contributed by atoms with van der Waals surface area (Å²) in [6, 6.07) is 0. The summed E-state index contributed by atoms with van der Waals surface area (Å²) >= 11 is 0. The molecule has 0 atom stereocenters. The van der Waals surface area contributed by atoms with Gasteiger partial charge in [-0.3, -0.25) is 0 Å². The number of allylic oxidation sites excluding steroid dienone is 2. The van der Waals surface area contributed by atoms with Crippen molar-refractivity contribution in [1.29, 1.82) is 0 Å². The van der Waals surface area contributed by atoms with E-state index < -0.39 is 0 Å². The van der Waals surface area contributed by atoms with E-state index in [9.17, 15) is 0 Å². The first-order valence-corrected chi connectivity index (χ1v) is 2.68. The van der Waals surface area contributed by atoms with Gasteiger partial charge in [-0.05, 0) is 27.0 Å². The normalized spacial score (nSPS) is 7.88. The minimum absolute atomic E-state index is 0.978. The monoisotopic (exact) mass is 111 g/mol. The van der Waals surface area contributed by atoms with Crippen molar-refractivity contribution in [3.8, 4) is 0 Å². The first kappa shape index (κ1) is 7.28. The molecule has 0 spiro atoms. The van der Waals surface area contributed by atoms with Crippen molar-refractivity contribution >= 4 is 0 Å². The molecule has 0 amide bonds. The SMILES string of the molecule is C=C(C)NC=C(C)C. The highest BCUT2D eigenvalue weighted by Crippen LogP contribution is 1.86. The Labute approximate surface area is 51.1 Å². The molecule has 0 fully saturated rings. The molecule has 0 aliphatic rings. The third kappa shape index (κ3) is 5.28. The molecule has 1 heteroatoms. The molecular weight excluding hydrogens is 98.1 g/mol. The number of hydrogen-bond acceptors (Lipinski definition) is 1. The minimum Gasteiger partial charge on any atom is -0.366 e. The van der Waals surface area contributed by atoms with E-state index in [0.29, 0.717) is 0 Å². The summed E-state index contributed by atoms with van der Waals surface area (Å²) in [6.45, 7) is 9.68. The third-order valence-electron chi connectivity index (χ3n) is 0.607. The van der Waals surface area contributed by atoms with Gasteiger partial charge in [0.2, 0.25) is 0 Å². The van der Waals surface area contributed by atoms with Gasteiger partial charge in [-0.1, -0.05) is 12.2 Å². The van der Waals surface area contributed by atoms with Crippen LogP contribution in [0.4, 0.5) is 0 Å². The van der Waals surface area contributed by atoms with E-state index in [4.69, 9.17) is 0 Å². The predicted octanol–water partition coefficient (Wildman–Crippen LogP) is 2.03. The zero-order valence-corrected chi connectivity index (χ0v) is 5.78. The van der Waals surface area contributed by atoms with Crippen LogP contribution in [-0.4, -0.2) is 0 Å². The van der Waals surface area contributed by atoms with E-state index in [1.807, 2.05) is 27.0 Å². The lowest BCUT2D eigenvalue weighted by atomic mass is 10.4. The maximum atomic E-state index is 3.67. The minimum atomic E-state index is 0.978. The lowest BCUT2D eigenvalue weighted by Gasteiger charge is -1.95. The van der Waals surface area contributed by atoms with Crippen molar-refractivity contribution in [1.82, 2.24) is 5.32 Å². The van der Waals surface area contributed by atoms with E-state index in [1.165, 1.54) is 5.57 Å². The second-order valence-electron chi connectivity index (χ2n) is 2.15. The summed E-state index contributed by atoms with van der Waals surface area (Å²) in [5, 5.41) is 2.99. The Morgan fingerprint density at radius 3 is 2.00 bits per heavy atom. The Bertz CT molecular complexity index is 108. The summed E-state index contributed by atoms with van der Waals surface area (Å²) in [6.07, 6.45) is 1.93. The maximum absolute atomic E-state index is 3.67. The van der Waals surface area contributed by atoms with Gasteiger partial charge in [-0.15, -0.1) is 0 Å². The maximum Gasteiger partial charge on any atom is 0.00420 e. The fraction of sp³-hybridized carbons (Fsp3) is 0.429. The van der Waals surface area contributed by atoms with Gasteiger partial charge >= 0.3 is 0 Å². The topological polar surface area (TPSA) is 12.0 Å². The highest BCUT2D eigenvalue weighted by molar-refractivity contribution is 4.98. The zero-order valence-electron chi connectivity index (χ0n) is 5.78. The van der Waals surface area contributed by atoms with Crippen LogP contribution in [0.5, 0.6) is 0 Å². The van der Waals surface area contributed by atoms with Crippen molar-refractivity contribution in [2.45, 2.75) is 20.8 Å². The molecule has 1 nitrogen and oxygen atoms in total. The highest BCUT2D eigenvalue weighted by Gasteiger charge is 1.75. The van der Waals surface area contributed by atoms with Gasteiger partial charge in [-0.25, -0.2) is 0 Å². The Kier molecular flexibility index (Phi) is 3.01. The van der Waals surface area contributed by atoms with Gasteiger partial charge in [-0.2, -0.15) is 0 Å².